The Hall–Kier alpha value is -2.39. The Morgan fingerprint density at radius 1 is 1.43 bits per heavy atom. The van der Waals surface area contributed by atoms with Crippen LogP contribution < -0.4 is 10.2 Å². The highest BCUT2D eigenvalue weighted by Gasteiger charge is 2.22. The molecule has 1 saturated heterocycles. The molecule has 23 heavy (non-hydrogen) atoms. The van der Waals surface area contributed by atoms with Crippen LogP contribution in [0, 0.1) is 17.2 Å². The third-order valence-electron chi connectivity index (χ3n) is 4.13. The van der Waals surface area contributed by atoms with E-state index in [2.05, 4.69) is 45.3 Å². The predicted octanol–water partition coefficient (Wildman–Crippen LogP) is 2.17. The van der Waals surface area contributed by atoms with Gasteiger partial charge in [-0.25, -0.2) is 4.98 Å². The van der Waals surface area contributed by atoms with Crippen LogP contribution in [0.4, 0.5) is 5.69 Å². The number of piperazine rings is 1. The summed E-state index contributed by atoms with van der Waals surface area (Å²) in [4.78, 5) is 6.78. The summed E-state index contributed by atoms with van der Waals surface area (Å²) >= 11 is 0. The number of H-pyrrole nitrogens is 1. The lowest BCUT2D eigenvalue weighted by Crippen LogP contribution is -2.51. The molecular formula is C17H22N6. The second-order valence-corrected chi connectivity index (χ2v) is 6.39. The Morgan fingerprint density at radius 2 is 2.30 bits per heavy atom. The molecule has 6 heteroatoms. The summed E-state index contributed by atoms with van der Waals surface area (Å²) in [5, 5.41) is 19.8. The minimum Gasteiger partial charge on any atom is -0.366 e. The molecule has 0 spiro atoms. The van der Waals surface area contributed by atoms with Crippen LogP contribution in [0.15, 0.2) is 24.5 Å². The predicted molar refractivity (Wildman–Crippen MR) is 90.0 cm³/mol. The van der Waals surface area contributed by atoms with Gasteiger partial charge in [-0.3, -0.25) is 5.10 Å². The van der Waals surface area contributed by atoms with Crippen LogP contribution in [0.25, 0.3) is 11.3 Å². The first kappa shape index (κ1) is 15.5. The van der Waals surface area contributed by atoms with Gasteiger partial charge in [-0.05, 0) is 24.5 Å². The Morgan fingerprint density at radius 3 is 3.00 bits per heavy atom. The maximum atomic E-state index is 9.50. The fraction of sp³-hybridized carbons (Fsp3) is 0.471. The van der Waals surface area contributed by atoms with E-state index in [1.807, 2.05) is 12.1 Å². The first-order chi connectivity index (χ1) is 11.2. The van der Waals surface area contributed by atoms with Crippen molar-refractivity contribution in [2.45, 2.75) is 26.3 Å². The third kappa shape index (κ3) is 3.51. The SMILES string of the molecule is CC(C)CC1CN(c2ccc(-c3cn[nH]c3)nc2C#N)CCN1. The number of hydrogen-bond donors (Lipinski definition) is 2. The zero-order valence-electron chi connectivity index (χ0n) is 13.6. The van der Waals surface area contributed by atoms with Gasteiger partial charge in [0.1, 0.15) is 6.07 Å². The van der Waals surface area contributed by atoms with E-state index in [1.54, 1.807) is 12.4 Å². The highest BCUT2D eigenvalue weighted by Crippen LogP contribution is 2.25. The van der Waals surface area contributed by atoms with Gasteiger partial charge in [-0.2, -0.15) is 10.4 Å². The smallest absolute Gasteiger partial charge is 0.164 e. The van der Waals surface area contributed by atoms with Crippen molar-refractivity contribution >= 4 is 5.69 Å². The average Bonchev–Trinajstić information content (AvgIpc) is 3.08. The lowest BCUT2D eigenvalue weighted by molar-refractivity contribution is 0.388. The van der Waals surface area contributed by atoms with Crippen LogP contribution in [0.1, 0.15) is 26.0 Å². The second kappa shape index (κ2) is 6.80. The molecule has 1 aliphatic heterocycles. The van der Waals surface area contributed by atoms with Crippen LogP contribution in [-0.4, -0.2) is 40.9 Å². The monoisotopic (exact) mass is 310 g/mol. The Labute approximate surface area is 136 Å². The molecule has 3 heterocycles. The molecule has 2 aromatic rings. The molecular weight excluding hydrogens is 288 g/mol. The van der Waals surface area contributed by atoms with Crippen LogP contribution >= 0.6 is 0 Å². The van der Waals surface area contributed by atoms with E-state index in [0.29, 0.717) is 17.7 Å². The second-order valence-electron chi connectivity index (χ2n) is 6.39. The van der Waals surface area contributed by atoms with Gasteiger partial charge in [-0.15, -0.1) is 0 Å². The maximum Gasteiger partial charge on any atom is 0.164 e. The number of nitrogens with zero attached hydrogens (tertiary/aromatic N) is 4. The van der Waals surface area contributed by atoms with Crippen molar-refractivity contribution in [2.75, 3.05) is 24.5 Å². The van der Waals surface area contributed by atoms with Crippen molar-refractivity contribution in [3.63, 3.8) is 0 Å². The zero-order valence-corrected chi connectivity index (χ0v) is 13.6. The minimum absolute atomic E-state index is 0.462. The summed E-state index contributed by atoms with van der Waals surface area (Å²) in [6, 6.07) is 6.67. The standard InChI is InChI=1S/C17H22N6/c1-12(2)7-14-11-23(6-5-19-14)17-4-3-15(22-16(17)8-18)13-9-20-21-10-13/h3-4,9-10,12,14,19H,5-7,11H2,1-2H3,(H,20,21). The number of nitriles is 1. The number of nitrogens with one attached hydrogen (secondary N) is 2. The average molecular weight is 310 g/mol. The van der Waals surface area contributed by atoms with E-state index in [9.17, 15) is 5.26 Å². The number of hydrogen-bond acceptors (Lipinski definition) is 5. The molecule has 1 aliphatic rings. The molecule has 1 fully saturated rings. The van der Waals surface area contributed by atoms with Gasteiger partial charge in [0.2, 0.25) is 0 Å². The molecule has 1 unspecified atom stereocenters. The third-order valence-corrected chi connectivity index (χ3v) is 4.13. The summed E-state index contributed by atoms with van der Waals surface area (Å²) < 4.78 is 0. The summed E-state index contributed by atoms with van der Waals surface area (Å²) in [7, 11) is 0. The highest BCUT2D eigenvalue weighted by molar-refractivity contribution is 5.65. The number of pyridine rings is 1. The largest absolute Gasteiger partial charge is 0.366 e. The van der Waals surface area contributed by atoms with Gasteiger partial charge in [0.25, 0.3) is 0 Å². The van der Waals surface area contributed by atoms with Crippen molar-refractivity contribution in [1.29, 1.82) is 5.26 Å². The molecule has 0 amide bonds. The van der Waals surface area contributed by atoms with Crippen molar-refractivity contribution in [3.05, 3.63) is 30.2 Å². The first-order valence-corrected chi connectivity index (χ1v) is 8.06. The van der Waals surface area contributed by atoms with E-state index in [0.717, 1.165) is 43.0 Å². The Bertz CT molecular complexity index is 686. The number of aromatic amines is 1. The van der Waals surface area contributed by atoms with Gasteiger partial charge in [0.15, 0.2) is 5.69 Å². The van der Waals surface area contributed by atoms with Crippen molar-refractivity contribution in [1.82, 2.24) is 20.5 Å². The van der Waals surface area contributed by atoms with Crippen molar-refractivity contribution < 1.29 is 0 Å². The summed E-state index contributed by atoms with van der Waals surface area (Å²) in [6.45, 7) is 7.23. The Kier molecular flexibility index (Phi) is 4.58. The first-order valence-electron chi connectivity index (χ1n) is 8.06. The van der Waals surface area contributed by atoms with Crippen LogP contribution in [0.3, 0.4) is 0 Å². The highest BCUT2D eigenvalue weighted by atomic mass is 15.2. The lowest BCUT2D eigenvalue weighted by Gasteiger charge is -2.36. The molecule has 1 atom stereocenters. The fourth-order valence-electron chi connectivity index (χ4n) is 3.11. The summed E-state index contributed by atoms with van der Waals surface area (Å²) in [5.41, 5.74) is 3.07. The van der Waals surface area contributed by atoms with E-state index in [-0.39, 0.29) is 0 Å². The molecule has 2 N–H and O–H groups in total. The van der Waals surface area contributed by atoms with Gasteiger partial charge >= 0.3 is 0 Å². The van der Waals surface area contributed by atoms with Crippen LogP contribution in [-0.2, 0) is 0 Å². The van der Waals surface area contributed by atoms with Gasteiger partial charge in [0.05, 0.1) is 17.6 Å². The number of anilines is 1. The molecule has 0 radical (unpaired) electrons. The van der Waals surface area contributed by atoms with Crippen molar-refractivity contribution in [3.8, 4) is 17.3 Å². The number of aromatic nitrogens is 3. The number of rotatable bonds is 4. The van der Waals surface area contributed by atoms with E-state index in [1.165, 1.54) is 0 Å². The maximum absolute atomic E-state index is 9.50. The minimum atomic E-state index is 0.462. The van der Waals surface area contributed by atoms with E-state index < -0.39 is 0 Å². The van der Waals surface area contributed by atoms with Crippen molar-refractivity contribution in [2.24, 2.45) is 5.92 Å². The van der Waals surface area contributed by atoms with Gasteiger partial charge < -0.3 is 10.2 Å². The quantitative estimate of drug-likeness (QED) is 0.904. The van der Waals surface area contributed by atoms with E-state index in [4.69, 9.17) is 0 Å². The molecule has 2 aromatic heterocycles. The fourth-order valence-corrected chi connectivity index (χ4v) is 3.11. The zero-order chi connectivity index (χ0) is 16.2. The van der Waals surface area contributed by atoms with Gasteiger partial charge in [-0.1, -0.05) is 13.8 Å². The summed E-state index contributed by atoms with van der Waals surface area (Å²) in [6.07, 6.45) is 4.64. The molecule has 3 rings (SSSR count). The Balaban J connectivity index is 1.83. The normalized spacial score (nSPS) is 18.2. The molecule has 0 aliphatic carbocycles. The van der Waals surface area contributed by atoms with Crippen LogP contribution in [0.2, 0.25) is 0 Å². The molecule has 120 valence electrons. The lowest BCUT2D eigenvalue weighted by atomic mass is 10.0. The topological polar surface area (TPSA) is 80.6 Å². The molecule has 0 aromatic carbocycles. The molecule has 0 saturated carbocycles. The molecule has 6 nitrogen and oxygen atoms in total. The van der Waals surface area contributed by atoms with Gasteiger partial charge in [0, 0.05) is 37.4 Å². The van der Waals surface area contributed by atoms with Crippen LogP contribution in [0.5, 0.6) is 0 Å². The van der Waals surface area contributed by atoms with E-state index >= 15 is 0 Å². The molecule has 0 bridgehead atoms. The summed E-state index contributed by atoms with van der Waals surface area (Å²) in [5.74, 6) is 0.657.